The molecule has 0 unspecified atom stereocenters. The summed E-state index contributed by atoms with van der Waals surface area (Å²) in [6.45, 7) is -0.857. The van der Waals surface area contributed by atoms with Crippen LogP contribution in [0.2, 0.25) is 0 Å². The SMILES string of the molecule is O=C(Nc1ccccc1OCC(F)(F)F)c1cccc(N2CCCC2=O)c1. The zero-order valence-electron chi connectivity index (χ0n) is 14.3. The van der Waals surface area contributed by atoms with Gasteiger partial charge in [-0.1, -0.05) is 18.2 Å². The third-order valence-electron chi connectivity index (χ3n) is 4.02. The van der Waals surface area contributed by atoms with E-state index in [9.17, 15) is 22.8 Å². The van der Waals surface area contributed by atoms with Gasteiger partial charge in [0.2, 0.25) is 5.91 Å². The van der Waals surface area contributed by atoms with Crippen LogP contribution in [0.25, 0.3) is 0 Å². The molecule has 1 heterocycles. The van der Waals surface area contributed by atoms with E-state index >= 15 is 0 Å². The Bertz CT molecular complexity index is 852. The summed E-state index contributed by atoms with van der Waals surface area (Å²) in [5.41, 5.74) is 1.04. The van der Waals surface area contributed by atoms with Gasteiger partial charge in [-0.2, -0.15) is 13.2 Å². The van der Waals surface area contributed by atoms with Crippen molar-refractivity contribution in [2.45, 2.75) is 19.0 Å². The van der Waals surface area contributed by atoms with E-state index in [1.807, 2.05) is 0 Å². The Labute approximate surface area is 153 Å². The number of alkyl halides is 3. The molecular formula is C19H17F3N2O3. The predicted molar refractivity (Wildman–Crippen MR) is 94.0 cm³/mol. The van der Waals surface area contributed by atoms with Crippen LogP contribution in [0, 0.1) is 0 Å². The average molecular weight is 378 g/mol. The van der Waals surface area contributed by atoms with Crippen molar-refractivity contribution in [2.75, 3.05) is 23.4 Å². The van der Waals surface area contributed by atoms with Crippen molar-refractivity contribution < 1.29 is 27.5 Å². The van der Waals surface area contributed by atoms with Crippen molar-refractivity contribution in [1.82, 2.24) is 0 Å². The van der Waals surface area contributed by atoms with E-state index in [-0.39, 0.29) is 22.9 Å². The van der Waals surface area contributed by atoms with Gasteiger partial charge >= 0.3 is 6.18 Å². The Morgan fingerprint density at radius 3 is 2.63 bits per heavy atom. The number of carbonyl (C=O) groups excluding carboxylic acids is 2. The molecule has 2 amide bonds. The van der Waals surface area contributed by atoms with Crippen LogP contribution in [0.4, 0.5) is 24.5 Å². The van der Waals surface area contributed by atoms with Crippen LogP contribution < -0.4 is 15.0 Å². The standard InChI is InChI=1S/C19H17F3N2O3/c20-19(21,22)12-27-16-8-2-1-7-15(16)23-18(26)13-5-3-6-14(11-13)24-10-4-9-17(24)25/h1-3,5-8,11H,4,9-10,12H2,(H,23,26). The number of para-hydroxylation sites is 2. The quantitative estimate of drug-likeness (QED) is 0.855. The van der Waals surface area contributed by atoms with Crippen molar-refractivity contribution in [3.8, 4) is 5.75 Å². The molecule has 0 saturated carbocycles. The van der Waals surface area contributed by atoms with Crippen molar-refractivity contribution in [2.24, 2.45) is 0 Å². The Morgan fingerprint density at radius 2 is 1.93 bits per heavy atom. The van der Waals surface area contributed by atoms with Crippen LogP contribution in [-0.4, -0.2) is 31.1 Å². The first-order valence-corrected chi connectivity index (χ1v) is 8.34. The van der Waals surface area contributed by atoms with Crippen LogP contribution in [0.3, 0.4) is 0 Å². The summed E-state index contributed by atoms with van der Waals surface area (Å²) < 4.78 is 41.9. The van der Waals surface area contributed by atoms with E-state index in [1.54, 1.807) is 35.2 Å². The summed E-state index contributed by atoms with van der Waals surface area (Å²) in [7, 11) is 0. The lowest BCUT2D eigenvalue weighted by molar-refractivity contribution is -0.153. The Balaban J connectivity index is 1.75. The van der Waals surface area contributed by atoms with Gasteiger partial charge in [0.15, 0.2) is 6.61 Å². The van der Waals surface area contributed by atoms with Gasteiger partial charge in [-0.25, -0.2) is 0 Å². The smallest absolute Gasteiger partial charge is 0.422 e. The summed E-state index contributed by atoms with van der Waals surface area (Å²) in [5.74, 6) is -0.584. The van der Waals surface area contributed by atoms with Crippen molar-refractivity contribution in [1.29, 1.82) is 0 Å². The minimum Gasteiger partial charge on any atom is -0.482 e. The molecule has 1 aliphatic heterocycles. The van der Waals surface area contributed by atoms with E-state index in [0.29, 0.717) is 18.7 Å². The third kappa shape index (κ3) is 4.78. The minimum atomic E-state index is -4.48. The topological polar surface area (TPSA) is 58.6 Å². The number of nitrogens with zero attached hydrogens (tertiary/aromatic N) is 1. The molecule has 0 spiro atoms. The van der Waals surface area contributed by atoms with E-state index in [2.05, 4.69) is 5.32 Å². The molecule has 0 aliphatic carbocycles. The van der Waals surface area contributed by atoms with Gasteiger partial charge in [0.05, 0.1) is 5.69 Å². The first-order chi connectivity index (χ1) is 12.8. The third-order valence-corrected chi connectivity index (χ3v) is 4.02. The van der Waals surface area contributed by atoms with Crippen LogP contribution in [0.1, 0.15) is 23.2 Å². The van der Waals surface area contributed by atoms with E-state index in [1.165, 1.54) is 18.2 Å². The molecule has 5 nitrogen and oxygen atoms in total. The fraction of sp³-hybridized carbons (Fsp3) is 0.263. The van der Waals surface area contributed by atoms with Gasteiger partial charge in [-0.05, 0) is 36.8 Å². The van der Waals surface area contributed by atoms with Gasteiger partial charge in [0.1, 0.15) is 5.75 Å². The second-order valence-corrected chi connectivity index (χ2v) is 6.05. The first kappa shape index (κ1) is 18.8. The highest BCUT2D eigenvalue weighted by atomic mass is 19.4. The second-order valence-electron chi connectivity index (χ2n) is 6.05. The zero-order chi connectivity index (χ0) is 19.4. The molecule has 0 atom stereocenters. The lowest BCUT2D eigenvalue weighted by Crippen LogP contribution is -2.24. The van der Waals surface area contributed by atoms with Crippen molar-refractivity contribution in [3.63, 3.8) is 0 Å². The maximum atomic E-state index is 12.5. The Hall–Kier alpha value is -3.03. The molecule has 1 fully saturated rings. The lowest BCUT2D eigenvalue weighted by Gasteiger charge is -2.17. The largest absolute Gasteiger partial charge is 0.482 e. The minimum absolute atomic E-state index is 0.00143. The van der Waals surface area contributed by atoms with Crippen molar-refractivity contribution >= 4 is 23.2 Å². The highest BCUT2D eigenvalue weighted by molar-refractivity contribution is 6.06. The fourth-order valence-corrected chi connectivity index (χ4v) is 2.79. The fourth-order valence-electron chi connectivity index (χ4n) is 2.79. The van der Waals surface area contributed by atoms with E-state index < -0.39 is 18.7 Å². The molecule has 0 bridgehead atoms. The van der Waals surface area contributed by atoms with Crippen LogP contribution in [0.5, 0.6) is 5.75 Å². The number of hydrogen-bond acceptors (Lipinski definition) is 3. The summed E-state index contributed by atoms with van der Waals surface area (Å²) in [5, 5.41) is 2.56. The molecule has 1 saturated heterocycles. The summed E-state index contributed by atoms with van der Waals surface area (Å²) in [6.07, 6.45) is -3.24. The van der Waals surface area contributed by atoms with Gasteiger partial charge in [0, 0.05) is 24.2 Å². The number of rotatable bonds is 5. The number of ether oxygens (including phenoxy) is 1. The molecule has 2 aromatic rings. The molecule has 3 rings (SSSR count). The number of halogens is 3. The molecule has 1 N–H and O–H groups in total. The number of nitrogens with one attached hydrogen (secondary N) is 1. The van der Waals surface area contributed by atoms with Gasteiger partial charge in [-0.15, -0.1) is 0 Å². The van der Waals surface area contributed by atoms with Gasteiger partial charge < -0.3 is 15.0 Å². The molecule has 0 radical (unpaired) electrons. The number of benzene rings is 2. The molecule has 142 valence electrons. The van der Waals surface area contributed by atoms with Gasteiger partial charge in [0.25, 0.3) is 5.91 Å². The van der Waals surface area contributed by atoms with Crippen LogP contribution in [0.15, 0.2) is 48.5 Å². The highest BCUT2D eigenvalue weighted by Gasteiger charge is 2.29. The lowest BCUT2D eigenvalue weighted by atomic mass is 10.1. The normalized spacial score (nSPS) is 14.3. The molecule has 8 heteroatoms. The summed E-state index contributed by atoms with van der Waals surface area (Å²) in [6, 6.07) is 12.4. The van der Waals surface area contributed by atoms with Gasteiger partial charge in [-0.3, -0.25) is 9.59 Å². The molecule has 1 aliphatic rings. The molecule has 2 aromatic carbocycles. The maximum Gasteiger partial charge on any atom is 0.422 e. The number of hydrogen-bond donors (Lipinski definition) is 1. The monoisotopic (exact) mass is 378 g/mol. The molecule has 0 aromatic heterocycles. The Morgan fingerprint density at radius 1 is 1.15 bits per heavy atom. The van der Waals surface area contributed by atoms with Crippen LogP contribution in [-0.2, 0) is 4.79 Å². The molecular weight excluding hydrogens is 361 g/mol. The first-order valence-electron chi connectivity index (χ1n) is 8.34. The molecule has 27 heavy (non-hydrogen) atoms. The number of anilines is 2. The average Bonchev–Trinajstić information content (AvgIpc) is 3.06. The maximum absolute atomic E-state index is 12.5. The zero-order valence-corrected chi connectivity index (χ0v) is 14.3. The predicted octanol–water partition coefficient (Wildman–Crippen LogP) is 4.01. The van der Waals surface area contributed by atoms with E-state index in [4.69, 9.17) is 4.74 Å². The Kier molecular flexibility index (Phi) is 5.34. The second kappa shape index (κ2) is 7.69. The number of amides is 2. The highest BCUT2D eigenvalue weighted by Crippen LogP contribution is 2.27. The number of carbonyl (C=O) groups is 2. The van der Waals surface area contributed by atoms with Crippen molar-refractivity contribution in [3.05, 3.63) is 54.1 Å². The summed E-state index contributed by atoms with van der Waals surface area (Å²) >= 11 is 0. The summed E-state index contributed by atoms with van der Waals surface area (Å²) in [4.78, 5) is 26.0. The van der Waals surface area contributed by atoms with Crippen LogP contribution >= 0.6 is 0 Å². The van der Waals surface area contributed by atoms with E-state index in [0.717, 1.165) is 6.42 Å².